The molecule has 0 bridgehead atoms. The van der Waals surface area contributed by atoms with Gasteiger partial charge >= 0.3 is 5.97 Å². The number of hydrogen-bond donors (Lipinski definition) is 0. The third kappa shape index (κ3) is 4.53. The largest absolute Gasteiger partial charge is 0.493 e. The Labute approximate surface area is 204 Å². The summed E-state index contributed by atoms with van der Waals surface area (Å²) in [7, 11) is 3.21. The van der Waals surface area contributed by atoms with E-state index in [1.807, 2.05) is 56.5 Å². The lowest BCUT2D eigenvalue weighted by Crippen LogP contribution is -2.38. The summed E-state index contributed by atoms with van der Waals surface area (Å²) in [6.45, 7) is 5.74. The molecule has 180 valence electrons. The van der Waals surface area contributed by atoms with Crippen LogP contribution < -0.4 is 9.47 Å². The molecule has 2 heterocycles. The molecule has 2 aliphatic rings. The standard InChI is InChI=1S/C27H31NO5S/c1-6-15(2)33-27(30)24-16(3)28-19-12-18(17-9-10-21(31-4)22(14-17)32-5)13-20(29)25(19)26(24)23-8-7-11-34-23/h7-11,14-15,18,24,26H,6,12-13H2,1-5H3/t15-,18-,24?,26-/m1/s1. The highest BCUT2D eigenvalue weighted by Gasteiger charge is 2.45. The molecule has 1 aliphatic heterocycles. The molecule has 34 heavy (non-hydrogen) atoms. The van der Waals surface area contributed by atoms with Crippen LogP contribution in [0.3, 0.4) is 0 Å². The summed E-state index contributed by atoms with van der Waals surface area (Å²) < 4.78 is 16.5. The van der Waals surface area contributed by atoms with Crippen LogP contribution in [0.5, 0.6) is 11.5 Å². The van der Waals surface area contributed by atoms with E-state index in [0.717, 1.165) is 22.6 Å². The molecule has 1 unspecified atom stereocenters. The predicted octanol–water partition coefficient (Wildman–Crippen LogP) is 5.68. The number of esters is 1. The number of methoxy groups -OCH3 is 2. The molecule has 0 fully saturated rings. The summed E-state index contributed by atoms with van der Waals surface area (Å²) in [4.78, 5) is 32.7. The Kier molecular flexibility index (Phi) is 7.22. The van der Waals surface area contributed by atoms with Crippen LogP contribution in [0.4, 0.5) is 0 Å². The van der Waals surface area contributed by atoms with Crippen molar-refractivity contribution in [2.24, 2.45) is 10.9 Å². The molecule has 2 aromatic rings. The lowest BCUT2D eigenvalue weighted by Gasteiger charge is -2.36. The first kappa shape index (κ1) is 24.2. The second-order valence-corrected chi connectivity index (χ2v) is 9.86. The molecule has 1 aliphatic carbocycles. The fourth-order valence-electron chi connectivity index (χ4n) is 4.84. The second kappa shape index (κ2) is 10.1. The lowest BCUT2D eigenvalue weighted by molar-refractivity contribution is -0.151. The van der Waals surface area contributed by atoms with E-state index < -0.39 is 5.92 Å². The summed E-state index contributed by atoms with van der Waals surface area (Å²) in [5, 5.41) is 1.98. The molecular formula is C27H31NO5S. The third-order valence-electron chi connectivity index (χ3n) is 6.76. The van der Waals surface area contributed by atoms with Crippen molar-refractivity contribution in [1.29, 1.82) is 0 Å². The second-order valence-electron chi connectivity index (χ2n) is 8.88. The third-order valence-corrected chi connectivity index (χ3v) is 7.72. The smallest absolute Gasteiger partial charge is 0.315 e. The minimum Gasteiger partial charge on any atom is -0.493 e. The Morgan fingerprint density at radius 2 is 1.94 bits per heavy atom. The first-order chi connectivity index (χ1) is 16.4. The first-order valence-electron chi connectivity index (χ1n) is 11.6. The van der Waals surface area contributed by atoms with Crippen molar-refractivity contribution in [2.75, 3.05) is 14.2 Å². The van der Waals surface area contributed by atoms with E-state index in [4.69, 9.17) is 19.2 Å². The zero-order chi connectivity index (χ0) is 24.4. The molecule has 0 N–H and O–H groups in total. The number of ketones is 1. The van der Waals surface area contributed by atoms with Crippen molar-refractivity contribution in [1.82, 2.24) is 0 Å². The van der Waals surface area contributed by atoms with Gasteiger partial charge in [0.25, 0.3) is 0 Å². The van der Waals surface area contributed by atoms with Gasteiger partial charge in [-0.05, 0) is 61.7 Å². The van der Waals surface area contributed by atoms with E-state index in [9.17, 15) is 9.59 Å². The van der Waals surface area contributed by atoms with Crippen LogP contribution in [-0.4, -0.2) is 37.8 Å². The number of allylic oxidation sites excluding steroid dienone is 2. The number of hydrogen-bond acceptors (Lipinski definition) is 7. The monoisotopic (exact) mass is 481 g/mol. The van der Waals surface area contributed by atoms with E-state index in [-0.39, 0.29) is 29.7 Å². The van der Waals surface area contributed by atoms with Crippen molar-refractivity contribution in [3.63, 3.8) is 0 Å². The molecular weight excluding hydrogens is 450 g/mol. The Morgan fingerprint density at radius 1 is 1.18 bits per heavy atom. The Bertz CT molecular complexity index is 1130. The van der Waals surface area contributed by atoms with Crippen molar-refractivity contribution < 1.29 is 23.8 Å². The number of thiophene rings is 1. The maximum absolute atomic E-state index is 13.6. The van der Waals surface area contributed by atoms with Gasteiger partial charge in [-0.3, -0.25) is 14.6 Å². The summed E-state index contributed by atoms with van der Waals surface area (Å²) in [5.74, 6) is 0.0543. The highest BCUT2D eigenvalue weighted by atomic mass is 32.1. The van der Waals surface area contributed by atoms with Gasteiger partial charge in [0, 0.05) is 34.2 Å². The van der Waals surface area contributed by atoms with Crippen molar-refractivity contribution >= 4 is 28.8 Å². The molecule has 4 atom stereocenters. The van der Waals surface area contributed by atoms with Crippen molar-refractivity contribution in [2.45, 2.75) is 58.0 Å². The van der Waals surface area contributed by atoms with E-state index in [1.165, 1.54) is 0 Å². The summed E-state index contributed by atoms with van der Waals surface area (Å²) >= 11 is 1.56. The number of carbonyl (C=O) groups is 2. The van der Waals surface area contributed by atoms with Crippen LogP contribution in [0.15, 0.2) is 52.0 Å². The lowest BCUT2D eigenvalue weighted by atomic mass is 9.71. The van der Waals surface area contributed by atoms with Gasteiger partial charge in [-0.25, -0.2) is 0 Å². The van der Waals surface area contributed by atoms with Gasteiger partial charge in [0.15, 0.2) is 17.3 Å². The zero-order valence-corrected chi connectivity index (χ0v) is 21.1. The summed E-state index contributed by atoms with van der Waals surface area (Å²) in [5.41, 5.74) is 3.15. The minimum atomic E-state index is -0.590. The SMILES string of the molecule is CC[C@@H](C)OC(=O)C1C(C)=NC2=C(C(=O)C[C@H](c3ccc(OC)c(OC)c3)C2)[C@@H]1c1cccs1. The fourth-order valence-corrected chi connectivity index (χ4v) is 5.71. The molecule has 7 heteroatoms. The van der Waals surface area contributed by atoms with Gasteiger partial charge < -0.3 is 14.2 Å². The number of benzene rings is 1. The average Bonchev–Trinajstić information content (AvgIpc) is 3.37. The number of Topliss-reactive ketones (excluding diaryl/α,β-unsaturated/α-hetero) is 1. The molecule has 1 aromatic carbocycles. The van der Waals surface area contributed by atoms with Gasteiger partial charge in [0.2, 0.25) is 0 Å². The van der Waals surface area contributed by atoms with Crippen LogP contribution >= 0.6 is 11.3 Å². The van der Waals surface area contributed by atoms with E-state index in [2.05, 4.69) is 0 Å². The number of rotatable bonds is 7. The van der Waals surface area contributed by atoms with Gasteiger partial charge in [-0.1, -0.05) is 19.1 Å². The maximum atomic E-state index is 13.6. The average molecular weight is 482 g/mol. The quantitative estimate of drug-likeness (QED) is 0.476. The normalized spacial score (nSPS) is 23.1. The van der Waals surface area contributed by atoms with E-state index in [0.29, 0.717) is 35.6 Å². The zero-order valence-electron chi connectivity index (χ0n) is 20.3. The minimum absolute atomic E-state index is 0.0183. The molecule has 4 rings (SSSR count). The molecule has 0 amide bonds. The van der Waals surface area contributed by atoms with E-state index >= 15 is 0 Å². The van der Waals surface area contributed by atoms with Gasteiger partial charge in [-0.15, -0.1) is 11.3 Å². The molecule has 0 spiro atoms. The van der Waals surface area contributed by atoms with Crippen LogP contribution in [-0.2, 0) is 14.3 Å². The van der Waals surface area contributed by atoms with Crippen LogP contribution in [0.1, 0.15) is 62.3 Å². The number of nitrogens with zero attached hydrogens (tertiary/aromatic N) is 1. The highest BCUT2D eigenvalue weighted by molar-refractivity contribution is 7.10. The Balaban J connectivity index is 1.72. The molecule has 1 aromatic heterocycles. The summed E-state index contributed by atoms with van der Waals surface area (Å²) in [6, 6.07) is 9.74. The molecule has 0 saturated heterocycles. The number of ether oxygens (including phenoxy) is 3. The van der Waals surface area contributed by atoms with Crippen molar-refractivity contribution in [3.05, 3.63) is 57.4 Å². The van der Waals surface area contributed by atoms with Crippen LogP contribution in [0, 0.1) is 5.92 Å². The van der Waals surface area contributed by atoms with Crippen molar-refractivity contribution in [3.8, 4) is 11.5 Å². The topological polar surface area (TPSA) is 74.2 Å². The van der Waals surface area contributed by atoms with Crippen LogP contribution in [0.2, 0.25) is 0 Å². The Hall–Kier alpha value is -2.93. The van der Waals surface area contributed by atoms with Gasteiger partial charge in [-0.2, -0.15) is 0 Å². The van der Waals surface area contributed by atoms with Gasteiger partial charge in [0.05, 0.1) is 20.3 Å². The van der Waals surface area contributed by atoms with Gasteiger partial charge in [0.1, 0.15) is 5.92 Å². The first-order valence-corrected chi connectivity index (χ1v) is 12.5. The fraction of sp³-hybridized carbons (Fsp3) is 0.444. The Morgan fingerprint density at radius 3 is 2.59 bits per heavy atom. The molecule has 0 radical (unpaired) electrons. The molecule has 0 saturated carbocycles. The number of carbonyl (C=O) groups excluding carboxylic acids is 2. The number of aliphatic imine (C=N–C) groups is 1. The van der Waals surface area contributed by atoms with E-state index in [1.54, 1.807) is 25.6 Å². The highest BCUT2D eigenvalue weighted by Crippen LogP contribution is 2.48. The maximum Gasteiger partial charge on any atom is 0.315 e. The van der Waals surface area contributed by atoms with Crippen LogP contribution in [0.25, 0.3) is 0 Å². The summed E-state index contributed by atoms with van der Waals surface area (Å²) in [6.07, 6.45) is 1.54. The predicted molar refractivity (Wildman–Crippen MR) is 133 cm³/mol. The molecule has 6 nitrogen and oxygen atoms in total.